The van der Waals surface area contributed by atoms with Gasteiger partial charge < -0.3 is 4.42 Å². The zero-order chi connectivity index (χ0) is 15.8. The predicted octanol–water partition coefficient (Wildman–Crippen LogP) is 3.96. The highest BCUT2D eigenvalue weighted by Crippen LogP contribution is 2.37. The van der Waals surface area contributed by atoms with Gasteiger partial charge in [-0.05, 0) is 49.9 Å². The van der Waals surface area contributed by atoms with E-state index >= 15 is 0 Å². The summed E-state index contributed by atoms with van der Waals surface area (Å²) in [4.78, 5) is 0. The third-order valence-corrected chi connectivity index (χ3v) is 4.88. The lowest BCUT2D eigenvalue weighted by atomic mass is 9.89. The van der Waals surface area contributed by atoms with E-state index in [4.69, 9.17) is 4.42 Å². The summed E-state index contributed by atoms with van der Waals surface area (Å²) in [5, 5.41) is 1.23. The van der Waals surface area contributed by atoms with Crippen LogP contribution in [0.4, 0.5) is 0 Å². The third-order valence-electron chi connectivity index (χ3n) is 4.88. The summed E-state index contributed by atoms with van der Waals surface area (Å²) >= 11 is 0. The fourth-order valence-corrected chi connectivity index (χ4v) is 3.59. The number of nitrogens with zero attached hydrogens (tertiary/aromatic N) is 1. The SMILES string of the molecule is CC[N+](CC)=c1ccc2cc3c(oc-2c1)-c1ccccc1CC3. The summed E-state index contributed by atoms with van der Waals surface area (Å²) in [7, 11) is 0. The Morgan fingerprint density at radius 2 is 1.70 bits per heavy atom. The molecule has 0 spiro atoms. The van der Waals surface area contributed by atoms with Crippen LogP contribution in [0.5, 0.6) is 0 Å². The van der Waals surface area contributed by atoms with E-state index in [1.54, 1.807) is 0 Å². The largest absolute Gasteiger partial charge is 0.456 e. The number of hydrogen-bond acceptors (Lipinski definition) is 1. The molecule has 0 N–H and O–H groups in total. The Morgan fingerprint density at radius 1 is 0.913 bits per heavy atom. The monoisotopic (exact) mass is 304 g/mol. The van der Waals surface area contributed by atoms with Gasteiger partial charge >= 0.3 is 0 Å². The van der Waals surface area contributed by atoms with Crippen molar-refractivity contribution in [1.29, 1.82) is 0 Å². The van der Waals surface area contributed by atoms with E-state index in [0.29, 0.717) is 0 Å². The van der Waals surface area contributed by atoms with Gasteiger partial charge in [-0.3, -0.25) is 0 Å². The van der Waals surface area contributed by atoms with Gasteiger partial charge in [-0.1, -0.05) is 24.3 Å². The minimum absolute atomic E-state index is 0.977. The van der Waals surface area contributed by atoms with Crippen LogP contribution >= 0.6 is 0 Å². The standard InChI is InChI=1S/C21H22NO/c1-3-22(4-2)18-12-11-16-13-17-10-9-15-7-5-6-8-19(15)21(17)23-20(16)14-18/h5-8,11-14H,3-4,9-10H2,1-2H3/q+1. The van der Waals surface area contributed by atoms with Crippen LogP contribution in [0.3, 0.4) is 0 Å². The predicted molar refractivity (Wildman–Crippen MR) is 94.5 cm³/mol. The number of benzene rings is 2. The van der Waals surface area contributed by atoms with Gasteiger partial charge in [0.1, 0.15) is 24.6 Å². The van der Waals surface area contributed by atoms with E-state index in [0.717, 1.165) is 37.5 Å². The van der Waals surface area contributed by atoms with Crippen molar-refractivity contribution < 1.29 is 4.42 Å². The van der Waals surface area contributed by atoms with E-state index in [1.165, 1.54) is 27.6 Å². The Morgan fingerprint density at radius 3 is 2.52 bits per heavy atom. The summed E-state index contributed by atoms with van der Waals surface area (Å²) in [6, 6.07) is 17.5. The second-order valence-electron chi connectivity index (χ2n) is 6.15. The fourth-order valence-electron chi connectivity index (χ4n) is 3.59. The maximum Gasteiger partial charge on any atom is 0.203 e. The van der Waals surface area contributed by atoms with E-state index in [-0.39, 0.29) is 0 Å². The molecule has 2 heteroatoms. The van der Waals surface area contributed by atoms with Crippen LogP contribution in [-0.4, -0.2) is 13.1 Å². The molecule has 3 aliphatic rings. The van der Waals surface area contributed by atoms with Gasteiger partial charge in [-0.25, -0.2) is 4.58 Å². The summed E-state index contributed by atoms with van der Waals surface area (Å²) in [5.41, 5.74) is 5.16. The molecule has 0 saturated heterocycles. The zero-order valence-corrected chi connectivity index (χ0v) is 13.8. The Labute approximate surface area is 137 Å². The number of rotatable bonds is 2. The maximum absolute atomic E-state index is 6.36. The molecule has 0 unspecified atom stereocenters. The Balaban J connectivity index is 1.97. The number of fused-ring (bicyclic) bond motifs is 4. The van der Waals surface area contributed by atoms with Crippen molar-refractivity contribution >= 4 is 0 Å². The van der Waals surface area contributed by atoms with E-state index in [2.05, 4.69) is 67.0 Å². The molecular weight excluding hydrogens is 282 g/mol. The molecule has 2 nitrogen and oxygen atoms in total. The van der Waals surface area contributed by atoms with Gasteiger partial charge in [-0.2, -0.15) is 0 Å². The van der Waals surface area contributed by atoms with Crippen molar-refractivity contribution in [3.05, 3.63) is 65.0 Å². The first kappa shape index (κ1) is 14.3. The van der Waals surface area contributed by atoms with Crippen LogP contribution in [0.1, 0.15) is 25.0 Å². The van der Waals surface area contributed by atoms with Crippen LogP contribution < -0.4 is 9.93 Å². The average Bonchev–Trinajstić information content (AvgIpc) is 2.61. The lowest BCUT2D eigenvalue weighted by molar-refractivity contribution is 0.563. The molecule has 0 radical (unpaired) electrons. The molecule has 0 bridgehead atoms. The van der Waals surface area contributed by atoms with Crippen LogP contribution in [0, 0.1) is 0 Å². The molecule has 23 heavy (non-hydrogen) atoms. The highest BCUT2D eigenvalue weighted by Gasteiger charge is 2.20. The summed E-state index contributed by atoms with van der Waals surface area (Å²) in [6.45, 7) is 6.40. The summed E-state index contributed by atoms with van der Waals surface area (Å²) < 4.78 is 8.71. The minimum atomic E-state index is 0.977. The van der Waals surface area contributed by atoms with Crippen LogP contribution in [-0.2, 0) is 12.8 Å². The van der Waals surface area contributed by atoms with Crippen molar-refractivity contribution in [1.82, 2.24) is 4.58 Å². The van der Waals surface area contributed by atoms with E-state index < -0.39 is 0 Å². The van der Waals surface area contributed by atoms with Gasteiger partial charge in [0.2, 0.25) is 5.36 Å². The molecule has 0 fully saturated rings. The van der Waals surface area contributed by atoms with Gasteiger partial charge in [0, 0.05) is 17.2 Å². The second kappa shape index (κ2) is 5.69. The van der Waals surface area contributed by atoms with Crippen LogP contribution in [0.2, 0.25) is 0 Å². The first-order chi connectivity index (χ1) is 11.3. The average molecular weight is 304 g/mol. The van der Waals surface area contributed by atoms with Gasteiger partial charge in [0.25, 0.3) is 0 Å². The third kappa shape index (κ3) is 2.39. The maximum atomic E-state index is 6.36. The van der Waals surface area contributed by atoms with Crippen molar-refractivity contribution in [2.45, 2.75) is 26.7 Å². The Bertz CT molecular complexity index is 898. The molecule has 1 heterocycles. The minimum Gasteiger partial charge on any atom is -0.456 e. The molecule has 1 aromatic rings. The fraction of sp³-hybridized carbons (Fsp3) is 0.286. The molecule has 1 aliphatic heterocycles. The molecule has 0 saturated carbocycles. The van der Waals surface area contributed by atoms with Gasteiger partial charge in [0.05, 0.1) is 6.07 Å². The summed E-state index contributed by atoms with van der Waals surface area (Å²) in [5.74, 6) is 2.03. The number of aryl methyl sites for hydroxylation is 2. The van der Waals surface area contributed by atoms with Gasteiger partial charge in [-0.15, -0.1) is 0 Å². The smallest absolute Gasteiger partial charge is 0.203 e. The van der Waals surface area contributed by atoms with Crippen molar-refractivity contribution in [2.24, 2.45) is 0 Å². The summed E-state index contributed by atoms with van der Waals surface area (Å²) in [6.07, 6.45) is 2.16. The zero-order valence-electron chi connectivity index (χ0n) is 13.8. The normalized spacial score (nSPS) is 12.8. The molecule has 2 aliphatic carbocycles. The molecule has 1 aromatic carbocycles. The number of hydrogen-bond donors (Lipinski definition) is 0. The Kier molecular flexibility index (Phi) is 3.53. The van der Waals surface area contributed by atoms with Crippen molar-refractivity contribution in [3.8, 4) is 22.6 Å². The highest BCUT2D eigenvalue weighted by molar-refractivity contribution is 5.72. The second-order valence-corrected chi connectivity index (χ2v) is 6.15. The van der Waals surface area contributed by atoms with Crippen LogP contribution in [0.15, 0.2) is 52.9 Å². The molecule has 0 aromatic heterocycles. The van der Waals surface area contributed by atoms with Crippen LogP contribution in [0.25, 0.3) is 22.6 Å². The molecule has 116 valence electrons. The topological polar surface area (TPSA) is 16.1 Å². The molecular formula is C21H22NO+. The van der Waals surface area contributed by atoms with E-state index in [1.807, 2.05) is 0 Å². The van der Waals surface area contributed by atoms with E-state index in [9.17, 15) is 0 Å². The van der Waals surface area contributed by atoms with Crippen molar-refractivity contribution in [2.75, 3.05) is 13.1 Å². The quantitative estimate of drug-likeness (QED) is 0.655. The lowest BCUT2D eigenvalue weighted by Crippen LogP contribution is -2.29. The Hall–Kier alpha value is -2.35. The first-order valence-electron chi connectivity index (χ1n) is 8.53. The first-order valence-corrected chi connectivity index (χ1v) is 8.53. The highest BCUT2D eigenvalue weighted by atomic mass is 16.3. The lowest BCUT2D eigenvalue weighted by Gasteiger charge is -2.20. The molecule has 4 rings (SSSR count). The van der Waals surface area contributed by atoms with Gasteiger partial charge in [0.15, 0.2) is 0 Å². The van der Waals surface area contributed by atoms with Crippen molar-refractivity contribution in [3.63, 3.8) is 0 Å². The molecule has 0 amide bonds. The molecule has 0 atom stereocenters.